The molecule has 0 aromatic heterocycles. The summed E-state index contributed by atoms with van der Waals surface area (Å²) in [6.07, 6.45) is 0. The van der Waals surface area contributed by atoms with Crippen LogP contribution in [-0.2, 0) is 0 Å². The first-order valence-corrected chi connectivity index (χ1v) is 11.3. The molecule has 0 atom stereocenters. The van der Waals surface area contributed by atoms with Crippen LogP contribution in [0.15, 0.2) is 91.0 Å². The summed E-state index contributed by atoms with van der Waals surface area (Å²) >= 11 is 0. The number of carbonyl (C=O) groups is 3. The number of rotatable bonds is 6. The fourth-order valence-electron chi connectivity index (χ4n) is 3.59. The van der Waals surface area contributed by atoms with Crippen molar-refractivity contribution < 1.29 is 28.6 Å². The van der Waals surface area contributed by atoms with Gasteiger partial charge in [0, 0.05) is 6.07 Å². The molecule has 4 aromatic rings. The van der Waals surface area contributed by atoms with E-state index in [-0.39, 0.29) is 17.2 Å². The van der Waals surface area contributed by atoms with Crippen LogP contribution in [0.2, 0.25) is 0 Å². The molecular weight excluding hydrogens is 456 g/mol. The zero-order chi connectivity index (χ0) is 25.7. The summed E-state index contributed by atoms with van der Waals surface area (Å²) in [6, 6.07) is 25.3. The predicted molar refractivity (Wildman–Crippen MR) is 135 cm³/mol. The molecule has 0 aliphatic rings. The van der Waals surface area contributed by atoms with Crippen LogP contribution in [0.5, 0.6) is 17.2 Å². The Hall–Kier alpha value is -4.71. The smallest absolute Gasteiger partial charge is 0.343 e. The van der Waals surface area contributed by atoms with Gasteiger partial charge in [-0.1, -0.05) is 54.6 Å². The van der Waals surface area contributed by atoms with Crippen LogP contribution in [0, 0.1) is 20.8 Å². The molecule has 0 saturated carbocycles. The zero-order valence-electron chi connectivity index (χ0n) is 20.1. The summed E-state index contributed by atoms with van der Waals surface area (Å²) in [5, 5.41) is 0. The van der Waals surface area contributed by atoms with Gasteiger partial charge in [-0.2, -0.15) is 0 Å². The van der Waals surface area contributed by atoms with Crippen molar-refractivity contribution in [3.63, 3.8) is 0 Å². The van der Waals surface area contributed by atoms with Gasteiger partial charge in [-0.05, 0) is 67.8 Å². The Balaban J connectivity index is 1.66. The highest BCUT2D eigenvalue weighted by atomic mass is 16.6. The molecule has 4 aromatic carbocycles. The van der Waals surface area contributed by atoms with Crippen LogP contribution in [-0.4, -0.2) is 17.9 Å². The first-order valence-electron chi connectivity index (χ1n) is 11.3. The molecule has 0 unspecified atom stereocenters. The number of esters is 3. The molecule has 0 heterocycles. The highest BCUT2D eigenvalue weighted by Crippen LogP contribution is 2.34. The van der Waals surface area contributed by atoms with E-state index < -0.39 is 17.9 Å². The molecule has 6 nitrogen and oxygen atoms in total. The Morgan fingerprint density at radius 3 is 1.31 bits per heavy atom. The summed E-state index contributed by atoms with van der Waals surface area (Å²) in [6.45, 7) is 5.39. The standard InChI is InChI=1S/C30H24O6/c1-19-10-4-7-13-23(19)28(31)34-22-16-17-26(35-29(32)24-14-8-5-11-20(24)2)27(18-22)36-30(33)25-15-9-6-12-21(25)3/h4-18H,1-3H3. The lowest BCUT2D eigenvalue weighted by atomic mass is 10.1. The molecule has 4 rings (SSSR count). The van der Waals surface area contributed by atoms with Crippen molar-refractivity contribution in [2.75, 3.05) is 0 Å². The number of carbonyl (C=O) groups excluding carboxylic acids is 3. The lowest BCUT2D eigenvalue weighted by Crippen LogP contribution is -2.15. The molecule has 0 radical (unpaired) electrons. The van der Waals surface area contributed by atoms with Crippen molar-refractivity contribution in [2.45, 2.75) is 20.8 Å². The molecule has 180 valence electrons. The maximum absolute atomic E-state index is 12.9. The molecule has 0 aliphatic heterocycles. The molecule has 0 bridgehead atoms. The van der Waals surface area contributed by atoms with Gasteiger partial charge in [0.15, 0.2) is 11.5 Å². The average Bonchev–Trinajstić information content (AvgIpc) is 2.86. The third-order valence-electron chi connectivity index (χ3n) is 5.63. The zero-order valence-corrected chi connectivity index (χ0v) is 20.1. The Labute approximate surface area is 209 Å². The van der Waals surface area contributed by atoms with E-state index in [1.54, 1.807) is 75.4 Å². The van der Waals surface area contributed by atoms with Crippen LogP contribution >= 0.6 is 0 Å². The van der Waals surface area contributed by atoms with Crippen LogP contribution in [0.25, 0.3) is 0 Å². The van der Waals surface area contributed by atoms with Crippen molar-refractivity contribution >= 4 is 17.9 Å². The summed E-state index contributed by atoms with van der Waals surface area (Å²) in [4.78, 5) is 38.5. The molecule has 6 heteroatoms. The molecule has 36 heavy (non-hydrogen) atoms. The van der Waals surface area contributed by atoms with Gasteiger partial charge in [0.25, 0.3) is 0 Å². The fourth-order valence-corrected chi connectivity index (χ4v) is 3.59. The highest BCUT2D eigenvalue weighted by Gasteiger charge is 2.20. The van der Waals surface area contributed by atoms with E-state index in [9.17, 15) is 14.4 Å². The quantitative estimate of drug-likeness (QED) is 0.239. The number of aryl methyl sites for hydroxylation is 3. The van der Waals surface area contributed by atoms with Gasteiger partial charge in [-0.15, -0.1) is 0 Å². The Kier molecular flexibility index (Phi) is 7.25. The third kappa shape index (κ3) is 5.50. The summed E-state index contributed by atoms with van der Waals surface area (Å²) in [7, 11) is 0. The summed E-state index contributed by atoms with van der Waals surface area (Å²) < 4.78 is 16.7. The van der Waals surface area contributed by atoms with Gasteiger partial charge in [0.05, 0.1) is 16.7 Å². The minimum absolute atomic E-state index is 0.0147. The minimum Gasteiger partial charge on any atom is -0.423 e. The molecule has 0 saturated heterocycles. The van der Waals surface area contributed by atoms with Gasteiger partial charge in [-0.3, -0.25) is 0 Å². The summed E-state index contributed by atoms with van der Waals surface area (Å²) in [5.41, 5.74) is 3.37. The molecule has 0 fully saturated rings. The van der Waals surface area contributed by atoms with Gasteiger partial charge in [0.1, 0.15) is 5.75 Å². The van der Waals surface area contributed by atoms with Crippen LogP contribution < -0.4 is 14.2 Å². The topological polar surface area (TPSA) is 78.9 Å². The van der Waals surface area contributed by atoms with Gasteiger partial charge >= 0.3 is 17.9 Å². The molecule has 0 spiro atoms. The first kappa shape index (κ1) is 24.4. The van der Waals surface area contributed by atoms with E-state index in [0.717, 1.165) is 16.7 Å². The lowest BCUT2D eigenvalue weighted by Gasteiger charge is -2.14. The third-order valence-corrected chi connectivity index (χ3v) is 5.63. The highest BCUT2D eigenvalue weighted by molar-refractivity contribution is 5.95. The van der Waals surface area contributed by atoms with Gasteiger partial charge in [0.2, 0.25) is 0 Å². The van der Waals surface area contributed by atoms with Gasteiger partial charge in [-0.25, -0.2) is 14.4 Å². The van der Waals surface area contributed by atoms with E-state index in [2.05, 4.69) is 0 Å². The van der Waals surface area contributed by atoms with Crippen molar-refractivity contribution in [1.29, 1.82) is 0 Å². The van der Waals surface area contributed by atoms with Gasteiger partial charge < -0.3 is 14.2 Å². The number of hydrogen-bond acceptors (Lipinski definition) is 6. The van der Waals surface area contributed by atoms with E-state index in [0.29, 0.717) is 16.7 Å². The van der Waals surface area contributed by atoms with E-state index in [1.165, 1.54) is 18.2 Å². The van der Waals surface area contributed by atoms with Crippen LogP contribution in [0.4, 0.5) is 0 Å². The fraction of sp³-hybridized carbons (Fsp3) is 0.100. The first-order chi connectivity index (χ1) is 17.3. The molecule has 0 amide bonds. The van der Waals surface area contributed by atoms with E-state index in [1.807, 2.05) is 18.2 Å². The monoisotopic (exact) mass is 480 g/mol. The van der Waals surface area contributed by atoms with E-state index >= 15 is 0 Å². The molecular formula is C30H24O6. The van der Waals surface area contributed by atoms with Crippen molar-refractivity contribution in [1.82, 2.24) is 0 Å². The van der Waals surface area contributed by atoms with Crippen molar-refractivity contribution in [2.24, 2.45) is 0 Å². The second-order valence-electron chi connectivity index (χ2n) is 8.22. The van der Waals surface area contributed by atoms with Crippen molar-refractivity contribution in [3.05, 3.63) is 124 Å². The predicted octanol–water partition coefficient (Wildman–Crippen LogP) is 6.27. The van der Waals surface area contributed by atoms with Crippen LogP contribution in [0.1, 0.15) is 47.8 Å². The maximum atomic E-state index is 12.9. The number of hydrogen-bond donors (Lipinski definition) is 0. The van der Waals surface area contributed by atoms with Crippen molar-refractivity contribution in [3.8, 4) is 17.2 Å². The SMILES string of the molecule is Cc1ccccc1C(=O)Oc1ccc(OC(=O)c2ccccc2C)c(OC(=O)c2ccccc2C)c1. The summed E-state index contributed by atoms with van der Waals surface area (Å²) in [5.74, 6) is -1.71. The number of ether oxygens (including phenoxy) is 3. The lowest BCUT2D eigenvalue weighted by molar-refractivity contribution is 0.0678. The Bertz CT molecular complexity index is 1450. The largest absolute Gasteiger partial charge is 0.423 e. The van der Waals surface area contributed by atoms with Crippen LogP contribution in [0.3, 0.4) is 0 Å². The minimum atomic E-state index is -0.635. The second kappa shape index (κ2) is 10.7. The number of benzene rings is 4. The Morgan fingerprint density at radius 2 is 0.861 bits per heavy atom. The second-order valence-corrected chi connectivity index (χ2v) is 8.22. The average molecular weight is 481 g/mol. The van der Waals surface area contributed by atoms with E-state index in [4.69, 9.17) is 14.2 Å². The molecule has 0 N–H and O–H groups in total. The molecule has 0 aliphatic carbocycles. The normalized spacial score (nSPS) is 10.4. The maximum Gasteiger partial charge on any atom is 0.343 e. The Morgan fingerprint density at radius 1 is 0.472 bits per heavy atom.